The molecule has 7 heteroatoms. The van der Waals surface area contributed by atoms with Crippen LogP contribution in [0.3, 0.4) is 0 Å². The Bertz CT molecular complexity index is 380. The van der Waals surface area contributed by atoms with Gasteiger partial charge in [-0.3, -0.25) is 9.59 Å². The van der Waals surface area contributed by atoms with Crippen LogP contribution in [0.1, 0.15) is 20.3 Å². The molecule has 0 aliphatic carbocycles. The van der Waals surface area contributed by atoms with Gasteiger partial charge in [-0.05, 0) is 6.42 Å². The zero-order valence-electron chi connectivity index (χ0n) is 12.3. The Morgan fingerprint density at radius 3 is 2.50 bits per heavy atom. The van der Waals surface area contributed by atoms with Crippen molar-refractivity contribution in [1.29, 1.82) is 0 Å². The molecule has 7 nitrogen and oxygen atoms in total. The summed E-state index contributed by atoms with van der Waals surface area (Å²) < 4.78 is 0. The van der Waals surface area contributed by atoms with E-state index < -0.39 is 11.9 Å². The highest BCUT2D eigenvalue weighted by molar-refractivity contribution is 5.84. The van der Waals surface area contributed by atoms with Crippen LogP contribution in [0.5, 0.6) is 0 Å². The number of likely N-dealkylation sites (tertiary alicyclic amines) is 1. The zero-order valence-corrected chi connectivity index (χ0v) is 12.3. The minimum atomic E-state index is -0.839. The summed E-state index contributed by atoms with van der Waals surface area (Å²) in [6, 6.07) is -0.231. The van der Waals surface area contributed by atoms with Crippen LogP contribution in [0.15, 0.2) is 0 Å². The molecule has 1 aliphatic heterocycles. The van der Waals surface area contributed by atoms with E-state index in [9.17, 15) is 14.4 Å². The van der Waals surface area contributed by atoms with Gasteiger partial charge in [-0.1, -0.05) is 13.8 Å². The Morgan fingerprint density at radius 2 is 2.00 bits per heavy atom. The van der Waals surface area contributed by atoms with Crippen molar-refractivity contribution in [3.63, 3.8) is 0 Å². The maximum atomic E-state index is 12.0. The Balaban J connectivity index is 2.33. The van der Waals surface area contributed by atoms with Gasteiger partial charge in [-0.2, -0.15) is 0 Å². The molecular weight excluding hydrogens is 262 g/mol. The van der Waals surface area contributed by atoms with Crippen molar-refractivity contribution in [2.45, 2.75) is 20.3 Å². The van der Waals surface area contributed by atoms with E-state index in [2.05, 4.69) is 5.32 Å². The number of carboxylic acid groups (broad SMARTS) is 1. The lowest BCUT2D eigenvalue weighted by Crippen LogP contribution is -2.57. The third kappa shape index (κ3) is 4.11. The second kappa shape index (κ2) is 7.12. The van der Waals surface area contributed by atoms with E-state index in [1.165, 1.54) is 4.90 Å². The Morgan fingerprint density at radius 1 is 1.40 bits per heavy atom. The van der Waals surface area contributed by atoms with Crippen LogP contribution in [0.4, 0.5) is 4.79 Å². The van der Waals surface area contributed by atoms with Gasteiger partial charge in [0, 0.05) is 32.6 Å². The summed E-state index contributed by atoms with van der Waals surface area (Å²) in [6.07, 6.45) is 0.851. The first-order valence-electron chi connectivity index (χ1n) is 6.86. The lowest BCUT2D eigenvalue weighted by Gasteiger charge is -2.42. The normalized spacial score (nSPS) is 16.2. The molecular formula is C13H23N3O4. The van der Waals surface area contributed by atoms with Gasteiger partial charge < -0.3 is 20.2 Å². The molecule has 1 fully saturated rings. The van der Waals surface area contributed by atoms with Crippen molar-refractivity contribution >= 4 is 17.9 Å². The fourth-order valence-electron chi connectivity index (χ4n) is 2.03. The van der Waals surface area contributed by atoms with Crippen molar-refractivity contribution in [2.75, 3.05) is 33.2 Å². The van der Waals surface area contributed by atoms with Crippen LogP contribution in [0.2, 0.25) is 0 Å². The van der Waals surface area contributed by atoms with Crippen LogP contribution in [0.25, 0.3) is 0 Å². The number of rotatable bonds is 6. The smallest absolute Gasteiger partial charge is 0.320 e. The predicted octanol–water partition coefficient (Wildman–Crippen LogP) is 0.217. The van der Waals surface area contributed by atoms with Crippen LogP contribution in [-0.4, -0.2) is 66.0 Å². The van der Waals surface area contributed by atoms with Crippen molar-refractivity contribution in [1.82, 2.24) is 15.1 Å². The van der Waals surface area contributed by atoms with E-state index in [1.807, 2.05) is 6.92 Å². The van der Waals surface area contributed by atoms with E-state index in [0.717, 1.165) is 6.42 Å². The molecule has 0 aromatic rings. The Hall–Kier alpha value is -1.79. The largest absolute Gasteiger partial charge is 0.481 e. The molecule has 0 saturated carbocycles. The number of amides is 3. The third-order valence-corrected chi connectivity index (χ3v) is 3.56. The molecule has 0 radical (unpaired) electrons. The van der Waals surface area contributed by atoms with Gasteiger partial charge in [0.2, 0.25) is 5.91 Å². The summed E-state index contributed by atoms with van der Waals surface area (Å²) in [5, 5.41) is 11.6. The molecule has 1 atom stereocenters. The first kappa shape index (κ1) is 16.3. The predicted molar refractivity (Wildman–Crippen MR) is 73.2 cm³/mol. The number of carboxylic acids is 1. The Kier molecular flexibility index (Phi) is 5.79. The van der Waals surface area contributed by atoms with E-state index in [4.69, 9.17) is 5.11 Å². The van der Waals surface area contributed by atoms with Crippen molar-refractivity contribution in [3.05, 3.63) is 0 Å². The quantitative estimate of drug-likeness (QED) is 0.730. The summed E-state index contributed by atoms with van der Waals surface area (Å²) in [5.74, 6) is -1.47. The number of hydrogen-bond donors (Lipinski definition) is 2. The van der Waals surface area contributed by atoms with Gasteiger partial charge in [0.1, 0.15) is 6.54 Å². The summed E-state index contributed by atoms with van der Waals surface area (Å²) in [5.41, 5.74) is 0. The van der Waals surface area contributed by atoms with E-state index in [-0.39, 0.29) is 24.4 Å². The van der Waals surface area contributed by atoms with Gasteiger partial charge in [0.15, 0.2) is 0 Å². The number of hydrogen-bond acceptors (Lipinski definition) is 3. The van der Waals surface area contributed by atoms with Crippen molar-refractivity contribution in [2.24, 2.45) is 11.8 Å². The monoisotopic (exact) mass is 285 g/mol. The average Bonchev–Trinajstić information content (AvgIpc) is 2.33. The first-order valence-corrected chi connectivity index (χ1v) is 6.86. The molecule has 1 unspecified atom stereocenters. The van der Waals surface area contributed by atoms with Gasteiger partial charge >= 0.3 is 12.0 Å². The maximum absolute atomic E-state index is 12.0. The SMILES string of the molecule is CCCNC(=O)CN(C)C(=O)N1CC(C(C)C(=O)O)C1. The number of nitrogens with zero attached hydrogens (tertiary/aromatic N) is 2. The number of urea groups is 1. The molecule has 0 spiro atoms. The molecule has 1 rings (SSSR count). The highest BCUT2D eigenvalue weighted by Crippen LogP contribution is 2.24. The molecule has 0 aromatic carbocycles. The molecule has 114 valence electrons. The van der Waals surface area contributed by atoms with E-state index in [0.29, 0.717) is 19.6 Å². The van der Waals surface area contributed by atoms with Gasteiger partial charge in [0.25, 0.3) is 0 Å². The summed E-state index contributed by atoms with van der Waals surface area (Å²) in [4.78, 5) is 37.2. The highest BCUT2D eigenvalue weighted by atomic mass is 16.4. The summed E-state index contributed by atoms with van der Waals surface area (Å²) in [7, 11) is 1.57. The fraction of sp³-hybridized carbons (Fsp3) is 0.769. The number of nitrogens with one attached hydrogen (secondary N) is 1. The fourth-order valence-corrected chi connectivity index (χ4v) is 2.03. The zero-order chi connectivity index (χ0) is 15.3. The number of carbonyl (C=O) groups is 3. The van der Waals surface area contributed by atoms with Crippen LogP contribution >= 0.6 is 0 Å². The highest BCUT2D eigenvalue weighted by Gasteiger charge is 2.38. The molecule has 0 aromatic heterocycles. The Labute approximate surface area is 118 Å². The molecule has 0 bridgehead atoms. The van der Waals surface area contributed by atoms with Crippen LogP contribution < -0.4 is 5.32 Å². The first-order chi connectivity index (χ1) is 9.36. The minimum Gasteiger partial charge on any atom is -0.481 e. The molecule has 2 N–H and O–H groups in total. The van der Waals surface area contributed by atoms with Crippen LogP contribution in [0, 0.1) is 11.8 Å². The minimum absolute atomic E-state index is 0.00114. The van der Waals surface area contributed by atoms with Crippen molar-refractivity contribution < 1.29 is 19.5 Å². The average molecular weight is 285 g/mol. The lowest BCUT2D eigenvalue weighted by atomic mass is 9.87. The molecule has 20 heavy (non-hydrogen) atoms. The molecule has 1 aliphatic rings. The second-order valence-corrected chi connectivity index (χ2v) is 5.28. The van der Waals surface area contributed by atoms with Crippen LogP contribution in [-0.2, 0) is 9.59 Å². The second-order valence-electron chi connectivity index (χ2n) is 5.28. The number of carbonyl (C=O) groups excluding carboxylic acids is 2. The topological polar surface area (TPSA) is 90.0 Å². The van der Waals surface area contributed by atoms with Crippen molar-refractivity contribution in [3.8, 4) is 0 Å². The third-order valence-electron chi connectivity index (χ3n) is 3.56. The number of aliphatic carboxylic acids is 1. The summed E-state index contributed by atoms with van der Waals surface area (Å²) in [6.45, 7) is 5.10. The van der Waals surface area contributed by atoms with Gasteiger partial charge in [-0.15, -0.1) is 0 Å². The molecule has 1 heterocycles. The summed E-state index contributed by atoms with van der Waals surface area (Å²) >= 11 is 0. The maximum Gasteiger partial charge on any atom is 0.320 e. The standard InChI is InChI=1S/C13H23N3O4/c1-4-5-14-11(17)8-15(3)13(20)16-6-10(7-16)9(2)12(18)19/h9-10H,4-8H2,1-3H3,(H,14,17)(H,18,19). The van der Waals surface area contributed by atoms with E-state index in [1.54, 1.807) is 18.9 Å². The van der Waals surface area contributed by atoms with E-state index >= 15 is 0 Å². The number of likely N-dealkylation sites (N-methyl/N-ethyl adjacent to an activating group) is 1. The van der Waals surface area contributed by atoms with Gasteiger partial charge in [-0.25, -0.2) is 4.79 Å². The molecule has 3 amide bonds. The lowest BCUT2D eigenvalue weighted by molar-refractivity contribution is -0.144. The van der Waals surface area contributed by atoms with Gasteiger partial charge in [0.05, 0.1) is 5.92 Å². The molecule has 1 saturated heterocycles.